The summed E-state index contributed by atoms with van der Waals surface area (Å²) in [5, 5.41) is 6.50. The molecular formula is C25H29FN6O4S. The lowest BCUT2D eigenvalue weighted by Gasteiger charge is -2.17. The summed E-state index contributed by atoms with van der Waals surface area (Å²) in [6, 6.07) is 11.3. The summed E-state index contributed by atoms with van der Waals surface area (Å²) >= 11 is 0. The van der Waals surface area contributed by atoms with Crippen molar-refractivity contribution >= 4 is 21.8 Å². The lowest BCUT2D eigenvalue weighted by atomic mass is 10.0. The second kappa shape index (κ2) is 9.75. The van der Waals surface area contributed by atoms with Gasteiger partial charge in [0.05, 0.1) is 11.3 Å². The van der Waals surface area contributed by atoms with Gasteiger partial charge in [0.2, 0.25) is 5.91 Å². The first-order chi connectivity index (χ1) is 17.6. The van der Waals surface area contributed by atoms with E-state index in [1.807, 2.05) is 4.90 Å². The molecule has 2 N–H and O–H groups in total. The van der Waals surface area contributed by atoms with E-state index in [4.69, 9.17) is 0 Å². The Labute approximate surface area is 214 Å². The van der Waals surface area contributed by atoms with Crippen LogP contribution in [0.25, 0.3) is 22.5 Å². The molecule has 0 bridgehead atoms. The van der Waals surface area contributed by atoms with Gasteiger partial charge in [-0.15, -0.1) is 0 Å². The number of aromatic amines is 1. The van der Waals surface area contributed by atoms with E-state index in [-0.39, 0.29) is 29.1 Å². The molecule has 5 rings (SSSR count). The molecule has 2 aliphatic rings. The highest BCUT2D eigenvalue weighted by Gasteiger charge is 2.37. The molecule has 1 saturated carbocycles. The topological polar surface area (TPSA) is 120 Å². The Morgan fingerprint density at radius 2 is 1.92 bits per heavy atom. The summed E-state index contributed by atoms with van der Waals surface area (Å²) in [4.78, 5) is 26.8. The monoisotopic (exact) mass is 528 g/mol. The third-order valence-corrected chi connectivity index (χ3v) is 8.31. The number of hydrogen-bond acceptors (Lipinski definition) is 5. The van der Waals surface area contributed by atoms with Crippen molar-refractivity contribution in [2.24, 2.45) is 11.8 Å². The fraction of sp³-hybridized carbons (Fsp3) is 0.400. The Bertz CT molecular complexity index is 1490. The number of likely N-dealkylation sites (tertiary alicyclic amines) is 1. The molecule has 1 aromatic heterocycles. The van der Waals surface area contributed by atoms with Gasteiger partial charge in [-0.3, -0.25) is 14.1 Å². The Kier molecular flexibility index (Phi) is 6.63. The fourth-order valence-corrected chi connectivity index (χ4v) is 5.21. The number of benzene rings is 2. The van der Waals surface area contributed by atoms with Gasteiger partial charge in [0.25, 0.3) is 0 Å². The molecule has 0 radical (unpaired) electrons. The summed E-state index contributed by atoms with van der Waals surface area (Å²) in [7, 11) is -0.836. The van der Waals surface area contributed by atoms with Crippen LogP contribution in [0.5, 0.6) is 0 Å². The Morgan fingerprint density at radius 1 is 1.16 bits per heavy atom. The minimum absolute atomic E-state index is 0.0905. The van der Waals surface area contributed by atoms with Crippen molar-refractivity contribution in [1.29, 1.82) is 0 Å². The predicted molar refractivity (Wildman–Crippen MR) is 137 cm³/mol. The van der Waals surface area contributed by atoms with Gasteiger partial charge in [-0.2, -0.15) is 17.8 Å². The molecule has 196 valence electrons. The molecule has 1 aliphatic heterocycles. The minimum atomic E-state index is -3.68. The first-order valence-electron chi connectivity index (χ1n) is 12.2. The van der Waals surface area contributed by atoms with Crippen LogP contribution in [0.3, 0.4) is 0 Å². The van der Waals surface area contributed by atoms with Crippen LogP contribution in [0.2, 0.25) is 0 Å². The normalized spacial score (nSPS) is 17.9. The highest BCUT2D eigenvalue weighted by Crippen LogP contribution is 2.33. The van der Waals surface area contributed by atoms with Crippen molar-refractivity contribution in [3.8, 4) is 22.5 Å². The van der Waals surface area contributed by atoms with E-state index in [1.54, 1.807) is 36.4 Å². The second-order valence-corrected chi connectivity index (χ2v) is 11.7. The van der Waals surface area contributed by atoms with E-state index in [2.05, 4.69) is 14.9 Å². The number of carbonyl (C=O) groups excluding carboxylic acids is 1. The number of carbonyl (C=O) groups is 1. The number of amides is 1. The van der Waals surface area contributed by atoms with E-state index >= 15 is 4.39 Å². The van der Waals surface area contributed by atoms with Gasteiger partial charge >= 0.3 is 15.9 Å². The zero-order valence-corrected chi connectivity index (χ0v) is 21.5. The van der Waals surface area contributed by atoms with E-state index in [0.29, 0.717) is 36.4 Å². The highest BCUT2D eigenvalue weighted by molar-refractivity contribution is 7.90. The molecule has 2 heterocycles. The third kappa shape index (κ3) is 5.30. The smallest absolute Gasteiger partial charge is 0.342 e. The maximum atomic E-state index is 15.3. The first-order valence-corrected chi connectivity index (χ1v) is 13.6. The van der Waals surface area contributed by atoms with Gasteiger partial charge in [-0.05, 0) is 60.6 Å². The van der Waals surface area contributed by atoms with Gasteiger partial charge in [0, 0.05) is 39.6 Å². The minimum Gasteiger partial charge on any atom is -0.342 e. The number of hydrogen-bond donors (Lipinski definition) is 2. The zero-order valence-electron chi connectivity index (χ0n) is 20.6. The van der Waals surface area contributed by atoms with E-state index in [0.717, 1.165) is 23.6 Å². The maximum Gasteiger partial charge on any atom is 0.343 e. The summed E-state index contributed by atoms with van der Waals surface area (Å²) in [5.41, 5.74) is 1.27. The SMILES string of the molecule is CN(C)S(=O)(=O)Nc1cccc(-c2ccc(-c3n[nH]c(=O)n3C[C@@H]3CCN(C(=O)C4CC4)C3)c(F)c2)c1. The molecule has 1 amide bonds. The lowest BCUT2D eigenvalue weighted by Crippen LogP contribution is -2.31. The Morgan fingerprint density at radius 3 is 2.62 bits per heavy atom. The third-order valence-electron chi connectivity index (χ3n) is 6.86. The van der Waals surface area contributed by atoms with Crippen molar-refractivity contribution in [3.05, 3.63) is 58.8 Å². The predicted octanol–water partition coefficient (Wildman–Crippen LogP) is 2.52. The summed E-state index contributed by atoms with van der Waals surface area (Å²) in [6.07, 6.45) is 2.69. The van der Waals surface area contributed by atoms with Gasteiger partial charge < -0.3 is 4.90 Å². The number of nitrogens with one attached hydrogen (secondary N) is 2. The molecule has 1 aliphatic carbocycles. The van der Waals surface area contributed by atoms with Crippen LogP contribution in [0.15, 0.2) is 47.3 Å². The van der Waals surface area contributed by atoms with Crippen LogP contribution in [-0.4, -0.2) is 65.5 Å². The Balaban J connectivity index is 1.36. The average molecular weight is 529 g/mol. The molecule has 1 atom stereocenters. The molecule has 10 nitrogen and oxygen atoms in total. The molecule has 2 fully saturated rings. The molecular weight excluding hydrogens is 499 g/mol. The van der Waals surface area contributed by atoms with Gasteiger partial charge in [0.1, 0.15) is 5.82 Å². The molecule has 3 aromatic rings. The van der Waals surface area contributed by atoms with Crippen LogP contribution >= 0.6 is 0 Å². The number of anilines is 1. The van der Waals surface area contributed by atoms with Gasteiger partial charge in [-0.25, -0.2) is 14.3 Å². The van der Waals surface area contributed by atoms with Gasteiger partial charge in [0.15, 0.2) is 5.82 Å². The summed E-state index contributed by atoms with van der Waals surface area (Å²) < 4.78 is 44.6. The Hall–Kier alpha value is -3.51. The van der Waals surface area contributed by atoms with Crippen LogP contribution < -0.4 is 10.4 Å². The lowest BCUT2D eigenvalue weighted by molar-refractivity contribution is -0.131. The molecule has 0 spiro atoms. The molecule has 0 unspecified atom stereocenters. The standard InChI is InChI=1S/C25H29FN6O4S/c1-30(2)37(35,36)29-20-5-3-4-18(12-20)19-8-9-21(22(26)13-19)23-27-28-25(34)32(23)15-16-10-11-31(14-16)24(33)17-6-7-17/h3-5,8-9,12-13,16-17,29H,6-7,10-11,14-15H2,1-2H3,(H,28,34)/t16-/m1/s1. The second-order valence-electron chi connectivity index (χ2n) is 9.84. The number of nitrogens with zero attached hydrogens (tertiary/aromatic N) is 4. The average Bonchev–Trinajstić information content (AvgIpc) is 3.51. The van der Waals surface area contributed by atoms with Crippen LogP contribution in [0.1, 0.15) is 19.3 Å². The van der Waals surface area contributed by atoms with E-state index < -0.39 is 21.7 Å². The van der Waals surface area contributed by atoms with Crippen molar-refractivity contribution in [2.45, 2.75) is 25.8 Å². The molecule has 37 heavy (non-hydrogen) atoms. The number of H-pyrrole nitrogens is 1. The largest absolute Gasteiger partial charge is 0.343 e. The molecule has 12 heteroatoms. The van der Waals surface area contributed by atoms with Crippen molar-refractivity contribution in [1.82, 2.24) is 24.0 Å². The van der Waals surface area contributed by atoms with Gasteiger partial charge in [-0.1, -0.05) is 18.2 Å². The van der Waals surface area contributed by atoms with E-state index in [9.17, 15) is 18.0 Å². The van der Waals surface area contributed by atoms with Crippen LogP contribution in [-0.2, 0) is 21.5 Å². The number of halogens is 1. The van der Waals surface area contributed by atoms with Crippen molar-refractivity contribution < 1.29 is 17.6 Å². The van der Waals surface area contributed by atoms with E-state index in [1.165, 1.54) is 24.7 Å². The quantitative estimate of drug-likeness (QED) is 0.466. The highest BCUT2D eigenvalue weighted by atomic mass is 32.2. The van der Waals surface area contributed by atoms with Crippen LogP contribution in [0.4, 0.5) is 10.1 Å². The fourth-order valence-electron chi connectivity index (χ4n) is 4.60. The number of rotatable bonds is 8. The summed E-state index contributed by atoms with van der Waals surface area (Å²) in [6.45, 7) is 1.60. The first kappa shape index (κ1) is 25.2. The number of aromatic nitrogens is 3. The maximum absolute atomic E-state index is 15.3. The van der Waals surface area contributed by atoms with Crippen molar-refractivity contribution in [2.75, 3.05) is 31.9 Å². The summed E-state index contributed by atoms with van der Waals surface area (Å²) in [5.74, 6) is 0.0881. The van der Waals surface area contributed by atoms with Crippen LogP contribution in [0, 0.1) is 17.7 Å². The zero-order chi connectivity index (χ0) is 26.3. The molecule has 2 aromatic carbocycles. The van der Waals surface area contributed by atoms with Crippen molar-refractivity contribution in [3.63, 3.8) is 0 Å². The molecule has 1 saturated heterocycles.